The van der Waals surface area contributed by atoms with Crippen molar-refractivity contribution in [3.05, 3.63) is 35.4 Å². The molecule has 0 amide bonds. The first-order valence-electron chi connectivity index (χ1n) is 5.53. The van der Waals surface area contributed by atoms with Gasteiger partial charge in [0.15, 0.2) is 0 Å². The fourth-order valence-corrected chi connectivity index (χ4v) is 1.41. The molecule has 3 nitrogen and oxygen atoms in total. The minimum Gasteiger partial charge on any atom is -0.481 e. The number of hydrogen-bond acceptors (Lipinski definition) is 2. The molecule has 2 atom stereocenters. The van der Waals surface area contributed by atoms with Crippen LogP contribution >= 0.6 is 0 Å². The second-order valence-corrected chi connectivity index (χ2v) is 4.28. The van der Waals surface area contributed by atoms with Crippen molar-refractivity contribution in [1.29, 1.82) is 0 Å². The van der Waals surface area contributed by atoms with Gasteiger partial charge in [-0.05, 0) is 19.4 Å². The van der Waals surface area contributed by atoms with Gasteiger partial charge in [0, 0.05) is 12.6 Å². The van der Waals surface area contributed by atoms with Crippen molar-refractivity contribution in [3.63, 3.8) is 0 Å². The zero-order chi connectivity index (χ0) is 12.1. The van der Waals surface area contributed by atoms with Gasteiger partial charge in [0.2, 0.25) is 0 Å². The average Bonchev–Trinajstić information content (AvgIpc) is 2.26. The number of rotatable bonds is 5. The highest BCUT2D eigenvalue weighted by molar-refractivity contribution is 5.69. The van der Waals surface area contributed by atoms with E-state index >= 15 is 0 Å². The van der Waals surface area contributed by atoms with Gasteiger partial charge in [0.1, 0.15) is 0 Å². The summed E-state index contributed by atoms with van der Waals surface area (Å²) in [5.74, 6) is -1.11. The third-order valence-electron chi connectivity index (χ3n) is 2.73. The highest BCUT2D eigenvalue weighted by Gasteiger charge is 2.12. The van der Waals surface area contributed by atoms with Crippen LogP contribution in [0.1, 0.15) is 31.0 Å². The van der Waals surface area contributed by atoms with Crippen LogP contribution < -0.4 is 5.32 Å². The summed E-state index contributed by atoms with van der Waals surface area (Å²) in [5.41, 5.74) is 2.41. The number of hydrogen-bond donors (Lipinski definition) is 2. The predicted octanol–water partition coefficient (Wildman–Crippen LogP) is 2.37. The monoisotopic (exact) mass is 221 g/mol. The van der Waals surface area contributed by atoms with E-state index in [9.17, 15) is 4.79 Å². The van der Waals surface area contributed by atoms with Gasteiger partial charge in [-0.3, -0.25) is 4.79 Å². The smallest absolute Gasteiger partial charge is 0.307 e. The third kappa shape index (κ3) is 3.66. The lowest BCUT2D eigenvalue weighted by molar-refractivity contribution is -0.140. The summed E-state index contributed by atoms with van der Waals surface area (Å²) in [7, 11) is 0. The summed E-state index contributed by atoms with van der Waals surface area (Å²) in [4.78, 5) is 10.7. The molecule has 2 N–H and O–H groups in total. The first-order valence-corrected chi connectivity index (χ1v) is 5.53. The molecular formula is C13H19NO2. The first kappa shape index (κ1) is 12.7. The van der Waals surface area contributed by atoms with Crippen LogP contribution in [0.4, 0.5) is 0 Å². The van der Waals surface area contributed by atoms with E-state index in [4.69, 9.17) is 5.11 Å². The molecule has 16 heavy (non-hydrogen) atoms. The van der Waals surface area contributed by atoms with Crippen molar-refractivity contribution in [1.82, 2.24) is 5.32 Å². The van der Waals surface area contributed by atoms with Crippen LogP contribution in [-0.4, -0.2) is 17.6 Å². The van der Waals surface area contributed by atoms with Crippen LogP contribution in [0, 0.1) is 12.8 Å². The fourth-order valence-electron chi connectivity index (χ4n) is 1.41. The summed E-state index contributed by atoms with van der Waals surface area (Å²) in [6.45, 7) is 6.29. The van der Waals surface area contributed by atoms with Crippen LogP contribution in [-0.2, 0) is 4.79 Å². The number of benzene rings is 1. The molecule has 0 aliphatic rings. The second-order valence-electron chi connectivity index (χ2n) is 4.28. The van der Waals surface area contributed by atoms with Gasteiger partial charge in [-0.2, -0.15) is 0 Å². The number of aliphatic carboxylic acids is 1. The van der Waals surface area contributed by atoms with Crippen LogP contribution in [0.5, 0.6) is 0 Å². The van der Waals surface area contributed by atoms with E-state index in [0.29, 0.717) is 6.54 Å². The van der Waals surface area contributed by atoms with Gasteiger partial charge in [-0.1, -0.05) is 36.8 Å². The maximum absolute atomic E-state index is 10.7. The van der Waals surface area contributed by atoms with Crippen molar-refractivity contribution >= 4 is 5.97 Å². The Morgan fingerprint density at radius 2 is 1.88 bits per heavy atom. The number of carboxylic acids is 1. The Bertz CT molecular complexity index is 345. The summed E-state index contributed by atoms with van der Waals surface area (Å²) >= 11 is 0. The molecular weight excluding hydrogens is 202 g/mol. The van der Waals surface area contributed by atoms with Gasteiger partial charge in [0.05, 0.1) is 5.92 Å². The van der Waals surface area contributed by atoms with E-state index in [0.717, 1.165) is 0 Å². The molecule has 0 fully saturated rings. The zero-order valence-electron chi connectivity index (χ0n) is 10.0. The summed E-state index contributed by atoms with van der Waals surface area (Å²) in [5, 5.41) is 12.0. The van der Waals surface area contributed by atoms with E-state index in [1.54, 1.807) is 6.92 Å². The molecule has 1 aromatic rings. The minimum atomic E-state index is -0.761. The maximum atomic E-state index is 10.7. The second kappa shape index (κ2) is 5.66. The molecule has 0 radical (unpaired) electrons. The Morgan fingerprint density at radius 3 is 2.38 bits per heavy atom. The number of aryl methyl sites for hydroxylation is 1. The average molecular weight is 221 g/mol. The van der Waals surface area contributed by atoms with Crippen LogP contribution in [0.3, 0.4) is 0 Å². The topological polar surface area (TPSA) is 49.3 Å². The molecule has 3 heteroatoms. The van der Waals surface area contributed by atoms with Crippen molar-refractivity contribution in [2.24, 2.45) is 5.92 Å². The van der Waals surface area contributed by atoms with Gasteiger partial charge >= 0.3 is 5.97 Å². The Hall–Kier alpha value is -1.35. The number of nitrogens with one attached hydrogen (secondary N) is 1. The van der Waals surface area contributed by atoms with E-state index in [1.165, 1.54) is 11.1 Å². The lowest BCUT2D eigenvalue weighted by Crippen LogP contribution is -2.28. The molecule has 0 saturated carbocycles. The van der Waals surface area contributed by atoms with E-state index in [2.05, 4.69) is 29.6 Å². The Morgan fingerprint density at radius 1 is 1.31 bits per heavy atom. The zero-order valence-corrected chi connectivity index (χ0v) is 10.0. The molecule has 0 aliphatic carbocycles. The molecule has 1 aromatic carbocycles. The van der Waals surface area contributed by atoms with Gasteiger partial charge in [-0.15, -0.1) is 0 Å². The molecule has 0 spiro atoms. The van der Waals surface area contributed by atoms with Crippen molar-refractivity contribution < 1.29 is 9.90 Å². The fraction of sp³-hybridized carbons (Fsp3) is 0.462. The molecule has 88 valence electrons. The molecule has 0 bridgehead atoms. The van der Waals surface area contributed by atoms with Crippen LogP contribution in [0.2, 0.25) is 0 Å². The van der Waals surface area contributed by atoms with Crippen molar-refractivity contribution in [3.8, 4) is 0 Å². The minimum absolute atomic E-state index is 0.183. The molecule has 0 aromatic heterocycles. The van der Waals surface area contributed by atoms with Crippen LogP contribution in [0.15, 0.2) is 24.3 Å². The van der Waals surface area contributed by atoms with Gasteiger partial charge in [-0.25, -0.2) is 0 Å². The lowest BCUT2D eigenvalue weighted by Gasteiger charge is -2.16. The van der Waals surface area contributed by atoms with Gasteiger partial charge in [0.25, 0.3) is 0 Å². The molecule has 0 saturated heterocycles. The largest absolute Gasteiger partial charge is 0.481 e. The standard InChI is InChI=1S/C13H19NO2/c1-9-4-6-12(7-5-9)11(3)14-8-10(2)13(15)16/h4-7,10-11,14H,8H2,1-3H3,(H,15,16). The third-order valence-corrected chi connectivity index (χ3v) is 2.73. The first-order chi connectivity index (χ1) is 7.50. The summed E-state index contributed by atoms with van der Waals surface area (Å²) in [6, 6.07) is 8.45. The number of carboxylic acid groups (broad SMARTS) is 1. The van der Waals surface area contributed by atoms with Crippen molar-refractivity contribution in [2.75, 3.05) is 6.54 Å². The molecule has 0 aliphatic heterocycles. The van der Waals surface area contributed by atoms with Gasteiger partial charge < -0.3 is 10.4 Å². The Balaban J connectivity index is 2.49. The highest BCUT2D eigenvalue weighted by Crippen LogP contribution is 2.13. The van der Waals surface area contributed by atoms with E-state index in [1.807, 2.05) is 13.8 Å². The molecule has 0 heterocycles. The van der Waals surface area contributed by atoms with Crippen molar-refractivity contribution in [2.45, 2.75) is 26.8 Å². The Kier molecular flexibility index (Phi) is 4.50. The summed E-state index contributed by atoms with van der Waals surface area (Å²) in [6.07, 6.45) is 0. The SMILES string of the molecule is Cc1ccc(C(C)NCC(C)C(=O)O)cc1. The molecule has 2 unspecified atom stereocenters. The summed E-state index contributed by atoms with van der Waals surface area (Å²) < 4.78 is 0. The van der Waals surface area contributed by atoms with E-state index in [-0.39, 0.29) is 12.0 Å². The quantitative estimate of drug-likeness (QED) is 0.802. The lowest BCUT2D eigenvalue weighted by atomic mass is 10.1. The number of carbonyl (C=O) groups is 1. The molecule has 1 rings (SSSR count). The normalized spacial score (nSPS) is 14.4. The predicted molar refractivity (Wildman–Crippen MR) is 64.4 cm³/mol. The maximum Gasteiger partial charge on any atom is 0.307 e. The van der Waals surface area contributed by atoms with Crippen LogP contribution in [0.25, 0.3) is 0 Å². The highest BCUT2D eigenvalue weighted by atomic mass is 16.4. The Labute approximate surface area is 96.5 Å². The van der Waals surface area contributed by atoms with E-state index < -0.39 is 5.97 Å².